The lowest BCUT2D eigenvalue weighted by Gasteiger charge is -2.03. The smallest absolute Gasteiger partial charge is 0.0520 e. The van der Waals surface area contributed by atoms with Crippen LogP contribution >= 0.6 is 0 Å². The molecule has 0 aliphatic rings. The van der Waals surface area contributed by atoms with Crippen molar-refractivity contribution in [2.75, 3.05) is 39.3 Å². The molecule has 0 bridgehead atoms. The summed E-state index contributed by atoms with van der Waals surface area (Å²) in [5.74, 6) is 0. The number of nitrogens with one attached hydrogen (secondary N) is 2. The Morgan fingerprint density at radius 1 is 0.882 bits per heavy atom. The molecule has 0 aromatic heterocycles. The summed E-state index contributed by atoms with van der Waals surface area (Å²) in [5.41, 5.74) is 21.0. The molecule has 106 valence electrons. The summed E-state index contributed by atoms with van der Waals surface area (Å²) in [6.07, 6.45) is 3.19. The maximum atomic E-state index is 5.27. The highest BCUT2D eigenvalue weighted by Crippen LogP contribution is 1.91. The van der Waals surface area contributed by atoms with Crippen LogP contribution in [0.2, 0.25) is 0 Å². The highest BCUT2D eigenvalue weighted by molar-refractivity contribution is 4.51. The Morgan fingerprint density at radius 2 is 1.35 bits per heavy atom. The summed E-state index contributed by atoms with van der Waals surface area (Å²) in [5, 5.41) is 6.33. The summed E-state index contributed by atoms with van der Waals surface area (Å²) >= 11 is 0. The first-order valence-electron chi connectivity index (χ1n) is 6.51. The molecule has 0 saturated heterocycles. The molecule has 0 aromatic rings. The zero-order valence-electron chi connectivity index (χ0n) is 11.3. The lowest BCUT2D eigenvalue weighted by atomic mass is 10.2. The van der Waals surface area contributed by atoms with Crippen molar-refractivity contribution >= 4 is 0 Å². The van der Waals surface area contributed by atoms with Crippen molar-refractivity contribution < 1.29 is 0 Å². The minimum Gasteiger partial charge on any atom is -0.329 e. The summed E-state index contributed by atoms with van der Waals surface area (Å²) in [4.78, 5) is 0. The largest absolute Gasteiger partial charge is 0.329 e. The molecule has 0 saturated carbocycles. The Bertz CT molecular complexity index is 113. The topological polar surface area (TPSA) is 128 Å². The second-order valence-corrected chi connectivity index (χ2v) is 3.88. The van der Waals surface area contributed by atoms with Gasteiger partial charge in [-0.15, -0.1) is 0 Å². The first-order valence-corrected chi connectivity index (χ1v) is 6.51. The van der Waals surface area contributed by atoms with E-state index in [2.05, 4.69) is 17.6 Å². The van der Waals surface area contributed by atoms with Gasteiger partial charge >= 0.3 is 0 Å². The Balaban J connectivity index is 0. The molecule has 6 heteroatoms. The third-order valence-electron chi connectivity index (χ3n) is 2.01. The predicted molar refractivity (Wildman–Crippen MR) is 75.5 cm³/mol. The van der Waals surface area contributed by atoms with Crippen LogP contribution in [0.4, 0.5) is 0 Å². The van der Waals surface area contributed by atoms with E-state index in [1.165, 1.54) is 6.42 Å². The zero-order valence-corrected chi connectivity index (χ0v) is 11.3. The fourth-order valence-electron chi connectivity index (χ4n) is 1.07. The summed E-state index contributed by atoms with van der Waals surface area (Å²) < 4.78 is 0. The number of unbranched alkanes of at least 4 members (excludes halogenated alkanes) is 1. The highest BCUT2D eigenvalue weighted by atomic mass is 14.9. The molecule has 0 heterocycles. The average molecular weight is 248 g/mol. The zero-order chi connectivity index (χ0) is 13.4. The van der Waals surface area contributed by atoms with Gasteiger partial charge in [0.1, 0.15) is 0 Å². The van der Waals surface area contributed by atoms with E-state index in [1.807, 2.05) is 0 Å². The van der Waals surface area contributed by atoms with Gasteiger partial charge in [-0.25, -0.2) is 0 Å². The molecule has 0 fully saturated rings. The van der Waals surface area contributed by atoms with Crippen molar-refractivity contribution in [3.63, 3.8) is 0 Å². The van der Waals surface area contributed by atoms with E-state index in [0.717, 1.165) is 39.0 Å². The monoisotopic (exact) mass is 248 g/mol. The van der Waals surface area contributed by atoms with Gasteiger partial charge in [0.25, 0.3) is 0 Å². The maximum absolute atomic E-state index is 5.27. The molecule has 17 heavy (non-hydrogen) atoms. The predicted octanol–water partition coefficient (Wildman–Crippen LogP) is -1.50. The van der Waals surface area contributed by atoms with Gasteiger partial charge in [-0.2, -0.15) is 0 Å². The highest BCUT2D eigenvalue weighted by Gasteiger charge is 1.88. The molecule has 0 radical (unpaired) electrons. The van der Waals surface area contributed by atoms with Crippen LogP contribution in [0.5, 0.6) is 0 Å². The SMILES string of the molecule is CCCCC(N)N.NCCNCCNCCN. The van der Waals surface area contributed by atoms with Gasteiger partial charge in [-0.3, -0.25) is 0 Å². The van der Waals surface area contributed by atoms with E-state index in [0.29, 0.717) is 13.1 Å². The van der Waals surface area contributed by atoms with Gasteiger partial charge in [0.05, 0.1) is 6.17 Å². The van der Waals surface area contributed by atoms with Crippen LogP contribution in [0.15, 0.2) is 0 Å². The van der Waals surface area contributed by atoms with Crippen LogP contribution in [0.25, 0.3) is 0 Å². The van der Waals surface area contributed by atoms with Gasteiger partial charge in [0.15, 0.2) is 0 Å². The molecule has 10 N–H and O–H groups in total. The fraction of sp³-hybridized carbons (Fsp3) is 1.00. The number of nitrogens with two attached hydrogens (primary N) is 4. The van der Waals surface area contributed by atoms with Gasteiger partial charge in [-0.05, 0) is 6.42 Å². The Hall–Kier alpha value is -0.240. The number of hydrogen-bond donors (Lipinski definition) is 6. The van der Waals surface area contributed by atoms with Crippen molar-refractivity contribution in [1.29, 1.82) is 0 Å². The minimum absolute atomic E-state index is 0.0973. The molecule has 0 rings (SSSR count). The molecule has 0 amide bonds. The third kappa shape index (κ3) is 25.8. The third-order valence-corrected chi connectivity index (χ3v) is 2.01. The van der Waals surface area contributed by atoms with Crippen LogP contribution < -0.4 is 33.6 Å². The van der Waals surface area contributed by atoms with Crippen molar-refractivity contribution in [2.45, 2.75) is 32.4 Å². The first kappa shape index (κ1) is 19.1. The van der Waals surface area contributed by atoms with Crippen LogP contribution in [-0.2, 0) is 0 Å². The average Bonchev–Trinajstić information content (AvgIpc) is 2.32. The van der Waals surface area contributed by atoms with Crippen molar-refractivity contribution in [3.05, 3.63) is 0 Å². The molecule has 0 aromatic carbocycles. The van der Waals surface area contributed by atoms with E-state index >= 15 is 0 Å². The molecule has 0 aliphatic carbocycles. The van der Waals surface area contributed by atoms with Crippen LogP contribution in [0, 0.1) is 0 Å². The van der Waals surface area contributed by atoms with Gasteiger partial charge in [0, 0.05) is 39.3 Å². The first-order chi connectivity index (χ1) is 8.18. The molecular formula is C11H32N6. The molecular weight excluding hydrogens is 216 g/mol. The molecule has 0 aliphatic heterocycles. The molecule has 0 atom stereocenters. The summed E-state index contributed by atoms with van der Waals surface area (Å²) in [6, 6.07) is 0. The quantitative estimate of drug-likeness (QED) is 0.206. The van der Waals surface area contributed by atoms with Crippen molar-refractivity contribution in [3.8, 4) is 0 Å². The van der Waals surface area contributed by atoms with Gasteiger partial charge in [0.2, 0.25) is 0 Å². The lowest BCUT2D eigenvalue weighted by Crippen LogP contribution is -2.32. The Kier molecular flexibility index (Phi) is 20.4. The van der Waals surface area contributed by atoms with Crippen molar-refractivity contribution in [1.82, 2.24) is 10.6 Å². The van der Waals surface area contributed by atoms with Gasteiger partial charge in [-0.1, -0.05) is 19.8 Å². The van der Waals surface area contributed by atoms with E-state index in [9.17, 15) is 0 Å². The summed E-state index contributed by atoms with van der Waals surface area (Å²) in [7, 11) is 0. The second kappa shape index (κ2) is 18.1. The standard InChI is InChI=1S/C6H18N4.C5H14N2/c7-1-3-9-5-6-10-4-2-8;1-2-3-4-5(6)7/h9-10H,1-8H2;5H,2-4,6-7H2,1H3. The Labute approximate surface area is 106 Å². The molecule has 0 spiro atoms. The normalized spacial score (nSPS) is 10.2. The Morgan fingerprint density at radius 3 is 1.59 bits per heavy atom. The van der Waals surface area contributed by atoms with E-state index in [4.69, 9.17) is 22.9 Å². The minimum atomic E-state index is -0.0973. The maximum Gasteiger partial charge on any atom is 0.0520 e. The van der Waals surface area contributed by atoms with E-state index in [-0.39, 0.29) is 6.17 Å². The van der Waals surface area contributed by atoms with Gasteiger partial charge < -0.3 is 33.6 Å². The molecule has 6 nitrogen and oxygen atoms in total. The van der Waals surface area contributed by atoms with Crippen LogP contribution in [0.3, 0.4) is 0 Å². The summed E-state index contributed by atoms with van der Waals surface area (Å²) in [6.45, 7) is 7.26. The van der Waals surface area contributed by atoms with E-state index in [1.54, 1.807) is 0 Å². The van der Waals surface area contributed by atoms with Crippen LogP contribution in [-0.4, -0.2) is 45.4 Å². The fourth-order valence-corrected chi connectivity index (χ4v) is 1.07. The van der Waals surface area contributed by atoms with Crippen molar-refractivity contribution in [2.24, 2.45) is 22.9 Å². The van der Waals surface area contributed by atoms with Crippen LogP contribution in [0.1, 0.15) is 26.2 Å². The number of hydrogen-bond acceptors (Lipinski definition) is 6. The van der Waals surface area contributed by atoms with E-state index < -0.39 is 0 Å². The number of rotatable bonds is 10. The lowest BCUT2D eigenvalue weighted by molar-refractivity contribution is 0.595. The molecule has 0 unspecified atom stereocenters. The second-order valence-electron chi connectivity index (χ2n) is 3.88.